The number of rotatable bonds is 19. The number of carboxylic acid groups (broad SMARTS) is 1. The van der Waals surface area contributed by atoms with Gasteiger partial charge in [-0.25, -0.2) is 9.59 Å². The Morgan fingerprint density at radius 2 is 1.38 bits per heavy atom. The molecule has 14 nitrogen and oxygen atoms in total. The monoisotopic (exact) mass is 655 g/mol. The first-order chi connectivity index (χ1) is 22.4. The molecular weight excluding hydrogens is 610 g/mol. The lowest BCUT2D eigenvalue weighted by Gasteiger charge is -2.25. The molecule has 6 N–H and O–H groups in total. The minimum atomic E-state index is -1.35. The lowest BCUT2D eigenvalue weighted by Crippen LogP contribution is -2.57. The van der Waals surface area contributed by atoms with Crippen molar-refractivity contribution in [2.75, 3.05) is 13.2 Å². The minimum absolute atomic E-state index is 0.0743. The number of Topliss-reactive ketones (excluding diaryl/α,β-unsaturated/α-hetero) is 1. The lowest BCUT2D eigenvalue weighted by atomic mass is 10.0. The standard InChI is InChI=1S/C33H45N5O9/c1-18(2)17-47-33(46)38-26(22-12-13-22)30(42)36-24(15-20-10-11-20)29(41)35-23(14-19-8-9-19)28(40)31(43)34-16-25(39)37-27(32(44)45)21-6-4-3-5-7-21/h3-7,18-20,22-24,26-27H,8-17H2,1-2H3,(H,34,43)(H,35,41)(H,36,42)(H,37,39)(H,38,46)(H,44,45)/t23?,24-,26-,27-/m0/s1. The Balaban J connectivity index is 1.35. The number of aliphatic carboxylic acids is 1. The fourth-order valence-electron chi connectivity index (χ4n) is 5.16. The molecule has 47 heavy (non-hydrogen) atoms. The second-order valence-corrected chi connectivity index (χ2v) is 13.2. The van der Waals surface area contributed by atoms with Crippen molar-refractivity contribution in [1.29, 1.82) is 0 Å². The third kappa shape index (κ3) is 11.7. The number of benzene rings is 1. The molecule has 4 atom stereocenters. The van der Waals surface area contributed by atoms with Gasteiger partial charge in [0.1, 0.15) is 12.1 Å². The molecular formula is C33H45N5O9. The van der Waals surface area contributed by atoms with Crippen molar-refractivity contribution < 1.29 is 43.4 Å². The Morgan fingerprint density at radius 3 is 1.94 bits per heavy atom. The maximum absolute atomic E-state index is 13.5. The number of carbonyl (C=O) groups is 7. The molecule has 1 aromatic rings. The van der Waals surface area contributed by atoms with Crippen LogP contribution in [0.25, 0.3) is 0 Å². The van der Waals surface area contributed by atoms with Gasteiger partial charge in [-0.3, -0.25) is 24.0 Å². The van der Waals surface area contributed by atoms with Crippen LogP contribution in [0.15, 0.2) is 30.3 Å². The van der Waals surface area contributed by atoms with Gasteiger partial charge in [0.15, 0.2) is 6.04 Å². The number of ketones is 1. The molecule has 4 rings (SSSR count). The molecule has 14 heteroatoms. The summed E-state index contributed by atoms with van der Waals surface area (Å²) in [6, 6.07) is 3.64. The third-order valence-electron chi connectivity index (χ3n) is 8.31. The van der Waals surface area contributed by atoms with E-state index in [0.29, 0.717) is 12.0 Å². The highest BCUT2D eigenvalue weighted by atomic mass is 16.5. The van der Waals surface area contributed by atoms with Crippen molar-refractivity contribution in [1.82, 2.24) is 26.6 Å². The van der Waals surface area contributed by atoms with E-state index in [4.69, 9.17) is 4.74 Å². The molecule has 0 heterocycles. The molecule has 3 fully saturated rings. The summed E-state index contributed by atoms with van der Waals surface area (Å²) >= 11 is 0. The van der Waals surface area contributed by atoms with Crippen molar-refractivity contribution in [3.05, 3.63) is 35.9 Å². The Labute approximate surface area is 273 Å². The predicted molar refractivity (Wildman–Crippen MR) is 167 cm³/mol. The fraction of sp³-hybridized carbons (Fsp3) is 0.606. The van der Waals surface area contributed by atoms with Crippen molar-refractivity contribution in [2.45, 2.75) is 89.4 Å². The van der Waals surface area contributed by atoms with Crippen LogP contribution in [-0.2, 0) is 33.5 Å². The molecule has 3 saturated carbocycles. The fourth-order valence-corrected chi connectivity index (χ4v) is 5.16. The average molecular weight is 656 g/mol. The molecule has 0 bridgehead atoms. The number of carbonyl (C=O) groups excluding carboxylic acids is 6. The maximum Gasteiger partial charge on any atom is 0.407 e. The molecule has 1 unspecified atom stereocenters. The summed E-state index contributed by atoms with van der Waals surface area (Å²) in [7, 11) is 0. The molecule has 5 amide bonds. The second kappa shape index (κ2) is 16.4. The van der Waals surface area contributed by atoms with Crippen LogP contribution in [0.3, 0.4) is 0 Å². The Morgan fingerprint density at radius 1 is 0.787 bits per heavy atom. The van der Waals surface area contributed by atoms with Crippen LogP contribution < -0.4 is 26.6 Å². The topological polar surface area (TPSA) is 209 Å². The predicted octanol–water partition coefficient (Wildman–Crippen LogP) is 1.34. The van der Waals surface area contributed by atoms with Crippen LogP contribution in [0.4, 0.5) is 4.79 Å². The Bertz CT molecular complexity index is 1320. The van der Waals surface area contributed by atoms with Crippen LogP contribution in [0.2, 0.25) is 0 Å². The van der Waals surface area contributed by atoms with Gasteiger partial charge in [-0.2, -0.15) is 0 Å². The van der Waals surface area contributed by atoms with E-state index in [9.17, 15) is 38.7 Å². The summed E-state index contributed by atoms with van der Waals surface area (Å²) in [4.78, 5) is 89.4. The average Bonchev–Trinajstić information content (AvgIpc) is 3.87. The van der Waals surface area contributed by atoms with Crippen LogP contribution in [-0.4, -0.2) is 77.9 Å². The van der Waals surface area contributed by atoms with Crippen LogP contribution in [0.1, 0.15) is 76.8 Å². The van der Waals surface area contributed by atoms with Crippen molar-refractivity contribution in [2.24, 2.45) is 23.7 Å². The van der Waals surface area contributed by atoms with Crippen LogP contribution in [0, 0.1) is 23.7 Å². The van der Waals surface area contributed by atoms with E-state index in [0.717, 1.165) is 38.5 Å². The summed E-state index contributed by atoms with van der Waals surface area (Å²) in [5.74, 6) is -4.88. The molecule has 3 aliphatic rings. The van der Waals surface area contributed by atoms with Crippen LogP contribution in [0.5, 0.6) is 0 Å². The number of nitrogens with one attached hydrogen (secondary N) is 5. The quantitative estimate of drug-likeness (QED) is 0.119. The van der Waals surface area contributed by atoms with E-state index in [1.165, 1.54) is 12.1 Å². The summed E-state index contributed by atoms with van der Waals surface area (Å²) in [5.41, 5.74) is 0.334. The van der Waals surface area contributed by atoms with E-state index < -0.39 is 72.2 Å². The number of carboxylic acids is 1. The molecule has 3 aliphatic carbocycles. The van der Waals surface area contributed by atoms with E-state index in [-0.39, 0.29) is 36.7 Å². The van der Waals surface area contributed by atoms with Gasteiger partial charge in [-0.05, 0) is 54.9 Å². The number of amides is 5. The smallest absolute Gasteiger partial charge is 0.407 e. The van der Waals surface area contributed by atoms with E-state index in [1.54, 1.807) is 18.2 Å². The molecule has 0 aliphatic heterocycles. The number of alkyl carbamates (subject to hydrolysis) is 1. The molecule has 1 aromatic carbocycles. The SMILES string of the molecule is CC(C)COC(=O)N[C@H](C(=O)N[C@@H](CC1CC1)C(=O)NC(CC1CC1)C(=O)C(=O)NCC(=O)N[C@H](C(=O)O)c1ccccc1)C1CC1. The van der Waals surface area contributed by atoms with E-state index >= 15 is 0 Å². The third-order valence-corrected chi connectivity index (χ3v) is 8.31. The Hall–Kier alpha value is -4.49. The van der Waals surface area contributed by atoms with Crippen molar-refractivity contribution in [3.63, 3.8) is 0 Å². The summed E-state index contributed by atoms with van der Waals surface area (Å²) < 4.78 is 5.18. The van der Waals surface area contributed by atoms with E-state index in [2.05, 4.69) is 26.6 Å². The molecule has 256 valence electrons. The minimum Gasteiger partial charge on any atom is -0.479 e. The van der Waals surface area contributed by atoms with Gasteiger partial charge in [0.2, 0.25) is 23.5 Å². The lowest BCUT2D eigenvalue weighted by molar-refractivity contribution is -0.142. The van der Waals surface area contributed by atoms with Gasteiger partial charge >= 0.3 is 12.1 Å². The highest BCUT2D eigenvalue weighted by Gasteiger charge is 2.41. The molecule has 0 radical (unpaired) electrons. The zero-order chi connectivity index (χ0) is 34.1. The zero-order valence-electron chi connectivity index (χ0n) is 26.8. The first kappa shape index (κ1) is 35.4. The Kier molecular flexibility index (Phi) is 12.3. The maximum atomic E-state index is 13.5. The first-order valence-electron chi connectivity index (χ1n) is 16.3. The van der Waals surface area contributed by atoms with Gasteiger partial charge in [0.05, 0.1) is 19.2 Å². The highest BCUT2D eigenvalue weighted by Crippen LogP contribution is 2.36. The number of ether oxygens (including phenoxy) is 1. The van der Waals surface area contributed by atoms with Gasteiger partial charge in [0.25, 0.3) is 5.91 Å². The zero-order valence-corrected chi connectivity index (χ0v) is 26.8. The van der Waals surface area contributed by atoms with Gasteiger partial charge in [-0.15, -0.1) is 0 Å². The van der Waals surface area contributed by atoms with Gasteiger partial charge < -0.3 is 36.4 Å². The van der Waals surface area contributed by atoms with Crippen LogP contribution >= 0.6 is 0 Å². The van der Waals surface area contributed by atoms with Crippen molar-refractivity contribution in [3.8, 4) is 0 Å². The van der Waals surface area contributed by atoms with E-state index in [1.807, 2.05) is 13.8 Å². The van der Waals surface area contributed by atoms with Gasteiger partial charge in [0, 0.05) is 0 Å². The highest BCUT2D eigenvalue weighted by molar-refractivity contribution is 6.38. The summed E-state index contributed by atoms with van der Waals surface area (Å²) in [6.07, 6.45) is 4.82. The van der Waals surface area contributed by atoms with Gasteiger partial charge in [-0.1, -0.05) is 69.9 Å². The normalized spacial score (nSPS) is 18.1. The second-order valence-electron chi connectivity index (χ2n) is 13.2. The van der Waals surface area contributed by atoms with Crippen molar-refractivity contribution >= 4 is 41.5 Å². The molecule has 0 saturated heterocycles. The number of hydrogen-bond donors (Lipinski definition) is 6. The summed E-state index contributed by atoms with van der Waals surface area (Å²) in [5, 5.41) is 22.2. The summed E-state index contributed by atoms with van der Waals surface area (Å²) in [6.45, 7) is 3.33. The molecule has 0 spiro atoms. The molecule has 0 aromatic heterocycles. The number of hydrogen-bond acceptors (Lipinski definition) is 8. The largest absolute Gasteiger partial charge is 0.479 e. The first-order valence-corrected chi connectivity index (χ1v) is 16.3.